The number of anilines is 1. The molecule has 0 aliphatic heterocycles. The summed E-state index contributed by atoms with van der Waals surface area (Å²) in [5, 5.41) is 6.81. The Labute approximate surface area is 108 Å². The van der Waals surface area contributed by atoms with E-state index in [1.807, 2.05) is 0 Å². The Morgan fingerprint density at radius 1 is 1.47 bits per heavy atom. The minimum absolute atomic E-state index is 0.156. The van der Waals surface area contributed by atoms with Gasteiger partial charge in [-0.3, -0.25) is 0 Å². The second kappa shape index (κ2) is 4.94. The highest BCUT2D eigenvalue weighted by molar-refractivity contribution is 7.13. The molecule has 0 unspecified atom stereocenters. The first-order valence-corrected chi connectivity index (χ1v) is 7.26. The summed E-state index contributed by atoms with van der Waals surface area (Å²) in [6, 6.07) is 0.726. The standard InChI is InChI=1S/C13H23N3S/c1-13(2,3)14-8-10-9-17-12(15-10)16(4)11-6-5-7-11/h9,11,14H,5-8H2,1-4H3. The van der Waals surface area contributed by atoms with Crippen LogP contribution in [0.15, 0.2) is 5.38 Å². The molecule has 1 aromatic heterocycles. The SMILES string of the molecule is CN(c1nc(CNC(C)(C)C)cs1)C1CCC1. The number of hydrogen-bond donors (Lipinski definition) is 1. The molecule has 1 aliphatic carbocycles. The highest BCUT2D eigenvalue weighted by atomic mass is 32.1. The first-order valence-electron chi connectivity index (χ1n) is 6.38. The number of nitrogens with zero attached hydrogens (tertiary/aromatic N) is 2. The van der Waals surface area contributed by atoms with Gasteiger partial charge in [-0.25, -0.2) is 4.98 Å². The van der Waals surface area contributed by atoms with Gasteiger partial charge in [-0.15, -0.1) is 11.3 Å². The topological polar surface area (TPSA) is 28.2 Å². The van der Waals surface area contributed by atoms with Gasteiger partial charge in [0, 0.05) is 30.6 Å². The molecule has 0 saturated heterocycles. The Hall–Kier alpha value is -0.610. The number of thiazole rings is 1. The number of rotatable bonds is 4. The molecule has 0 spiro atoms. The fourth-order valence-electron chi connectivity index (χ4n) is 1.83. The fourth-order valence-corrected chi connectivity index (χ4v) is 2.69. The molecule has 1 saturated carbocycles. The van der Waals surface area contributed by atoms with Gasteiger partial charge in [0.2, 0.25) is 0 Å². The maximum absolute atomic E-state index is 4.70. The van der Waals surface area contributed by atoms with E-state index < -0.39 is 0 Å². The molecule has 96 valence electrons. The molecule has 1 fully saturated rings. The lowest BCUT2D eigenvalue weighted by Gasteiger charge is -2.34. The van der Waals surface area contributed by atoms with E-state index in [4.69, 9.17) is 4.98 Å². The van der Waals surface area contributed by atoms with Gasteiger partial charge >= 0.3 is 0 Å². The van der Waals surface area contributed by atoms with E-state index in [1.165, 1.54) is 24.4 Å². The monoisotopic (exact) mass is 253 g/mol. The quantitative estimate of drug-likeness (QED) is 0.894. The molecule has 3 nitrogen and oxygen atoms in total. The van der Waals surface area contributed by atoms with Crippen LogP contribution in [0.5, 0.6) is 0 Å². The molecule has 0 amide bonds. The molecule has 0 aromatic carbocycles. The van der Waals surface area contributed by atoms with Crippen molar-refractivity contribution in [2.75, 3.05) is 11.9 Å². The van der Waals surface area contributed by atoms with Gasteiger partial charge in [0.05, 0.1) is 5.69 Å². The van der Waals surface area contributed by atoms with Crippen LogP contribution in [0.3, 0.4) is 0 Å². The third-order valence-electron chi connectivity index (χ3n) is 3.26. The molecule has 1 aliphatic rings. The molecule has 0 atom stereocenters. The first-order chi connectivity index (χ1) is 7.96. The highest BCUT2D eigenvalue weighted by Crippen LogP contribution is 2.30. The second-order valence-corrected chi connectivity index (χ2v) is 6.76. The Bertz CT molecular complexity index is 363. The van der Waals surface area contributed by atoms with Crippen molar-refractivity contribution in [3.05, 3.63) is 11.1 Å². The zero-order chi connectivity index (χ0) is 12.5. The Morgan fingerprint density at radius 3 is 2.71 bits per heavy atom. The summed E-state index contributed by atoms with van der Waals surface area (Å²) in [7, 11) is 2.17. The van der Waals surface area contributed by atoms with Gasteiger partial charge in [0.25, 0.3) is 0 Å². The van der Waals surface area contributed by atoms with Gasteiger partial charge < -0.3 is 10.2 Å². The predicted molar refractivity (Wildman–Crippen MR) is 74.7 cm³/mol. The van der Waals surface area contributed by atoms with E-state index in [1.54, 1.807) is 11.3 Å². The maximum atomic E-state index is 4.70. The van der Waals surface area contributed by atoms with E-state index in [0.29, 0.717) is 0 Å². The second-order valence-electron chi connectivity index (χ2n) is 5.92. The summed E-state index contributed by atoms with van der Waals surface area (Å²) >= 11 is 1.76. The lowest BCUT2D eigenvalue weighted by Crippen LogP contribution is -2.37. The van der Waals surface area contributed by atoms with Crippen molar-refractivity contribution in [3.8, 4) is 0 Å². The fraction of sp³-hybridized carbons (Fsp3) is 0.769. The molecule has 1 N–H and O–H groups in total. The average Bonchev–Trinajstić information content (AvgIpc) is 2.58. The largest absolute Gasteiger partial charge is 0.348 e. The normalized spacial score (nSPS) is 16.9. The van der Waals surface area contributed by atoms with Crippen LogP contribution in [-0.2, 0) is 6.54 Å². The molecular formula is C13H23N3S. The van der Waals surface area contributed by atoms with Crippen molar-refractivity contribution >= 4 is 16.5 Å². The Morgan fingerprint density at radius 2 is 2.18 bits per heavy atom. The predicted octanol–water partition coefficient (Wildman–Crippen LogP) is 3.02. The Kier molecular flexibility index (Phi) is 3.73. The number of nitrogens with one attached hydrogen (secondary N) is 1. The van der Waals surface area contributed by atoms with Crippen LogP contribution >= 0.6 is 11.3 Å². The third kappa shape index (κ3) is 3.42. The summed E-state index contributed by atoms with van der Waals surface area (Å²) < 4.78 is 0. The highest BCUT2D eigenvalue weighted by Gasteiger charge is 2.24. The molecule has 0 radical (unpaired) electrons. The van der Waals surface area contributed by atoms with E-state index >= 15 is 0 Å². The van der Waals surface area contributed by atoms with Crippen molar-refractivity contribution in [1.29, 1.82) is 0 Å². The van der Waals surface area contributed by atoms with E-state index in [9.17, 15) is 0 Å². The molecule has 2 rings (SSSR count). The summed E-state index contributed by atoms with van der Waals surface area (Å²) in [4.78, 5) is 7.04. The van der Waals surface area contributed by atoms with Crippen molar-refractivity contribution in [3.63, 3.8) is 0 Å². The Balaban J connectivity index is 1.91. The van der Waals surface area contributed by atoms with E-state index in [0.717, 1.165) is 18.3 Å². The summed E-state index contributed by atoms with van der Waals surface area (Å²) in [6.45, 7) is 7.40. The molecule has 4 heteroatoms. The van der Waals surface area contributed by atoms with Crippen molar-refractivity contribution in [1.82, 2.24) is 10.3 Å². The van der Waals surface area contributed by atoms with Gasteiger partial charge in [-0.2, -0.15) is 0 Å². The van der Waals surface area contributed by atoms with Gasteiger partial charge in [-0.05, 0) is 40.0 Å². The zero-order valence-corrected chi connectivity index (χ0v) is 12.1. The molecule has 1 heterocycles. The minimum Gasteiger partial charge on any atom is -0.348 e. The summed E-state index contributed by atoms with van der Waals surface area (Å²) in [6.07, 6.45) is 4.02. The molecule has 1 aromatic rings. The summed E-state index contributed by atoms with van der Waals surface area (Å²) in [5.74, 6) is 0. The van der Waals surface area contributed by atoms with Gasteiger partial charge in [0.15, 0.2) is 5.13 Å². The van der Waals surface area contributed by atoms with Crippen molar-refractivity contribution in [2.24, 2.45) is 0 Å². The van der Waals surface area contributed by atoms with Gasteiger partial charge in [-0.1, -0.05) is 0 Å². The van der Waals surface area contributed by atoms with E-state index in [2.05, 4.69) is 43.4 Å². The molecule has 0 bridgehead atoms. The van der Waals surface area contributed by atoms with Crippen LogP contribution < -0.4 is 10.2 Å². The van der Waals surface area contributed by atoms with Crippen molar-refractivity contribution in [2.45, 2.75) is 58.2 Å². The van der Waals surface area contributed by atoms with Crippen LogP contribution in [0.4, 0.5) is 5.13 Å². The van der Waals surface area contributed by atoms with E-state index in [-0.39, 0.29) is 5.54 Å². The zero-order valence-electron chi connectivity index (χ0n) is 11.3. The van der Waals surface area contributed by atoms with Crippen LogP contribution in [-0.4, -0.2) is 23.6 Å². The third-order valence-corrected chi connectivity index (χ3v) is 4.24. The smallest absolute Gasteiger partial charge is 0.185 e. The van der Waals surface area contributed by atoms with Crippen LogP contribution in [0.25, 0.3) is 0 Å². The lowest BCUT2D eigenvalue weighted by molar-refractivity contribution is 0.400. The lowest BCUT2D eigenvalue weighted by atomic mass is 9.92. The molecular weight excluding hydrogens is 230 g/mol. The first kappa shape index (κ1) is 12.8. The average molecular weight is 253 g/mol. The number of aromatic nitrogens is 1. The molecule has 17 heavy (non-hydrogen) atoms. The van der Waals surface area contributed by atoms with Crippen molar-refractivity contribution < 1.29 is 0 Å². The maximum Gasteiger partial charge on any atom is 0.185 e. The van der Waals surface area contributed by atoms with Crippen LogP contribution in [0.1, 0.15) is 45.7 Å². The minimum atomic E-state index is 0.156. The van der Waals surface area contributed by atoms with Gasteiger partial charge in [0.1, 0.15) is 0 Å². The number of hydrogen-bond acceptors (Lipinski definition) is 4. The van der Waals surface area contributed by atoms with Crippen LogP contribution in [0, 0.1) is 0 Å². The summed E-state index contributed by atoms with van der Waals surface area (Å²) in [5.41, 5.74) is 1.31. The van der Waals surface area contributed by atoms with Crippen LogP contribution in [0.2, 0.25) is 0 Å².